The quantitative estimate of drug-likeness (QED) is 0.918. The maximum atomic E-state index is 14.1. The first-order valence-corrected chi connectivity index (χ1v) is 7.36. The summed E-state index contributed by atoms with van der Waals surface area (Å²) < 4.78 is 14.1. The minimum atomic E-state index is -0.574. The normalized spacial score (nSPS) is 16.3. The fourth-order valence-electron chi connectivity index (χ4n) is 2.60. The molecule has 0 aliphatic carbocycles. The zero-order valence-electron chi connectivity index (χ0n) is 12.9. The zero-order chi connectivity index (χ0) is 15.4. The van der Waals surface area contributed by atoms with Gasteiger partial charge < -0.3 is 10.2 Å². The van der Waals surface area contributed by atoms with Gasteiger partial charge in [-0.25, -0.2) is 9.37 Å². The smallest absolute Gasteiger partial charge is 0.257 e. The fraction of sp³-hybridized carbons (Fsp3) is 0.600. The lowest BCUT2D eigenvalue weighted by atomic mass is 10.1. The number of pyridine rings is 1. The zero-order valence-corrected chi connectivity index (χ0v) is 12.9. The SMILES string of the molecule is CNc1nccc(C(=O)N2CCN(CC(C)C)CC2)c1F. The molecule has 1 N–H and O–H groups in total. The number of aromatic nitrogens is 1. The number of hydrogen-bond acceptors (Lipinski definition) is 4. The summed E-state index contributed by atoms with van der Waals surface area (Å²) >= 11 is 0. The summed E-state index contributed by atoms with van der Waals surface area (Å²) in [4.78, 5) is 20.4. The van der Waals surface area contributed by atoms with Crippen molar-refractivity contribution in [2.24, 2.45) is 5.92 Å². The average molecular weight is 294 g/mol. The number of carbonyl (C=O) groups is 1. The van der Waals surface area contributed by atoms with Crippen molar-refractivity contribution in [1.29, 1.82) is 0 Å². The second kappa shape index (κ2) is 6.85. The van der Waals surface area contributed by atoms with Gasteiger partial charge in [0.1, 0.15) is 0 Å². The van der Waals surface area contributed by atoms with Crippen molar-refractivity contribution in [3.8, 4) is 0 Å². The van der Waals surface area contributed by atoms with Crippen molar-refractivity contribution < 1.29 is 9.18 Å². The van der Waals surface area contributed by atoms with Crippen molar-refractivity contribution in [3.05, 3.63) is 23.6 Å². The summed E-state index contributed by atoms with van der Waals surface area (Å²) in [5, 5.41) is 2.66. The molecule has 0 aromatic carbocycles. The number of nitrogens with one attached hydrogen (secondary N) is 1. The molecule has 1 saturated heterocycles. The molecular formula is C15H23FN4O. The topological polar surface area (TPSA) is 48.5 Å². The number of halogens is 1. The molecule has 1 aromatic rings. The monoisotopic (exact) mass is 294 g/mol. The molecule has 2 rings (SSSR count). The Hall–Kier alpha value is -1.69. The van der Waals surface area contributed by atoms with Crippen LogP contribution in [0.25, 0.3) is 0 Å². The van der Waals surface area contributed by atoms with Crippen LogP contribution in [-0.2, 0) is 0 Å². The second-order valence-corrected chi connectivity index (χ2v) is 5.76. The van der Waals surface area contributed by atoms with E-state index in [2.05, 4.69) is 29.0 Å². The maximum Gasteiger partial charge on any atom is 0.257 e. The van der Waals surface area contributed by atoms with Gasteiger partial charge in [-0.3, -0.25) is 9.69 Å². The molecule has 5 nitrogen and oxygen atoms in total. The Balaban J connectivity index is 2.02. The molecular weight excluding hydrogens is 271 g/mol. The highest BCUT2D eigenvalue weighted by molar-refractivity contribution is 5.95. The van der Waals surface area contributed by atoms with Gasteiger partial charge in [0.05, 0.1) is 5.56 Å². The molecule has 2 heterocycles. The highest BCUT2D eigenvalue weighted by Gasteiger charge is 2.25. The van der Waals surface area contributed by atoms with E-state index in [1.165, 1.54) is 12.3 Å². The summed E-state index contributed by atoms with van der Waals surface area (Å²) in [5.41, 5.74) is 0.0895. The van der Waals surface area contributed by atoms with Crippen LogP contribution in [-0.4, -0.2) is 60.5 Å². The third kappa shape index (κ3) is 3.69. The standard InChI is InChI=1S/C15H23FN4O/c1-11(2)10-19-6-8-20(9-7-19)15(21)12-4-5-18-14(17-3)13(12)16/h4-5,11H,6-10H2,1-3H3,(H,17,18). The molecule has 1 aliphatic heterocycles. The summed E-state index contributed by atoms with van der Waals surface area (Å²) in [6.07, 6.45) is 1.46. The first-order chi connectivity index (χ1) is 10.0. The van der Waals surface area contributed by atoms with Crippen molar-refractivity contribution in [2.45, 2.75) is 13.8 Å². The van der Waals surface area contributed by atoms with E-state index < -0.39 is 5.82 Å². The van der Waals surface area contributed by atoms with Crippen LogP contribution in [0.1, 0.15) is 24.2 Å². The molecule has 0 unspecified atom stereocenters. The highest BCUT2D eigenvalue weighted by atomic mass is 19.1. The van der Waals surface area contributed by atoms with Crippen LogP contribution in [0.4, 0.5) is 10.2 Å². The summed E-state index contributed by atoms with van der Waals surface area (Å²) in [7, 11) is 1.59. The number of carbonyl (C=O) groups excluding carboxylic acids is 1. The van der Waals surface area contributed by atoms with Crippen molar-refractivity contribution in [1.82, 2.24) is 14.8 Å². The lowest BCUT2D eigenvalue weighted by Gasteiger charge is -2.35. The molecule has 0 radical (unpaired) electrons. The Morgan fingerprint density at radius 1 is 1.38 bits per heavy atom. The Morgan fingerprint density at radius 3 is 2.62 bits per heavy atom. The number of amides is 1. The lowest BCUT2D eigenvalue weighted by Crippen LogP contribution is -2.49. The minimum absolute atomic E-state index is 0.0895. The first kappa shape index (κ1) is 15.7. The predicted octanol–water partition coefficient (Wildman–Crippen LogP) is 1.68. The van der Waals surface area contributed by atoms with Gasteiger partial charge in [-0.05, 0) is 12.0 Å². The molecule has 6 heteroatoms. The highest BCUT2D eigenvalue weighted by Crippen LogP contribution is 2.17. The van der Waals surface area contributed by atoms with E-state index >= 15 is 0 Å². The Bertz CT molecular complexity index is 498. The third-order valence-electron chi connectivity index (χ3n) is 3.64. The van der Waals surface area contributed by atoms with Gasteiger partial charge in [0.2, 0.25) is 0 Å². The summed E-state index contributed by atoms with van der Waals surface area (Å²) in [6, 6.07) is 1.44. The van der Waals surface area contributed by atoms with Crippen LogP contribution in [0.5, 0.6) is 0 Å². The molecule has 1 aliphatic rings. The van der Waals surface area contributed by atoms with Crippen LogP contribution in [0.2, 0.25) is 0 Å². The molecule has 1 amide bonds. The van der Waals surface area contributed by atoms with Crippen molar-refractivity contribution in [2.75, 3.05) is 45.1 Å². The van der Waals surface area contributed by atoms with Gasteiger partial charge in [-0.1, -0.05) is 13.8 Å². The van der Waals surface area contributed by atoms with Crippen molar-refractivity contribution >= 4 is 11.7 Å². The molecule has 0 saturated carbocycles. The van der Waals surface area contributed by atoms with Crippen LogP contribution >= 0.6 is 0 Å². The number of rotatable bonds is 4. The van der Waals surface area contributed by atoms with E-state index in [-0.39, 0.29) is 17.3 Å². The van der Waals surface area contributed by atoms with Crippen LogP contribution in [0.15, 0.2) is 12.3 Å². The first-order valence-electron chi connectivity index (χ1n) is 7.36. The van der Waals surface area contributed by atoms with Gasteiger partial charge >= 0.3 is 0 Å². The van der Waals surface area contributed by atoms with E-state index in [1.54, 1.807) is 11.9 Å². The molecule has 0 spiro atoms. The van der Waals surface area contributed by atoms with Crippen molar-refractivity contribution in [3.63, 3.8) is 0 Å². The molecule has 1 fully saturated rings. The van der Waals surface area contributed by atoms with E-state index in [0.717, 1.165) is 19.6 Å². The van der Waals surface area contributed by atoms with Gasteiger partial charge in [-0.15, -0.1) is 0 Å². The molecule has 0 atom stereocenters. The summed E-state index contributed by atoms with van der Waals surface area (Å²) in [6.45, 7) is 8.37. The third-order valence-corrected chi connectivity index (χ3v) is 3.64. The number of hydrogen-bond donors (Lipinski definition) is 1. The molecule has 1 aromatic heterocycles. The van der Waals surface area contributed by atoms with Crippen LogP contribution in [0.3, 0.4) is 0 Å². The van der Waals surface area contributed by atoms with E-state index in [9.17, 15) is 9.18 Å². The molecule has 116 valence electrons. The summed E-state index contributed by atoms with van der Waals surface area (Å²) in [5.74, 6) is -0.104. The van der Waals surface area contributed by atoms with E-state index in [0.29, 0.717) is 19.0 Å². The molecule has 21 heavy (non-hydrogen) atoms. The van der Waals surface area contributed by atoms with Gasteiger partial charge in [0.25, 0.3) is 5.91 Å². The molecule has 0 bridgehead atoms. The Morgan fingerprint density at radius 2 is 2.05 bits per heavy atom. The average Bonchev–Trinajstić information content (AvgIpc) is 2.47. The largest absolute Gasteiger partial charge is 0.371 e. The van der Waals surface area contributed by atoms with Gasteiger partial charge in [0, 0.05) is 46.0 Å². The number of anilines is 1. The lowest BCUT2D eigenvalue weighted by molar-refractivity contribution is 0.0619. The van der Waals surface area contributed by atoms with Gasteiger partial charge in [0.15, 0.2) is 11.6 Å². The minimum Gasteiger partial charge on any atom is -0.371 e. The van der Waals surface area contributed by atoms with Gasteiger partial charge in [-0.2, -0.15) is 0 Å². The predicted molar refractivity (Wildman–Crippen MR) is 80.9 cm³/mol. The van der Waals surface area contributed by atoms with Crippen LogP contribution in [0, 0.1) is 11.7 Å². The Kier molecular flexibility index (Phi) is 5.12. The van der Waals surface area contributed by atoms with Crippen LogP contribution < -0.4 is 5.32 Å². The second-order valence-electron chi connectivity index (χ2n) is 5.76. The number of nitrogens with zero attached hydrogens (tertiary/aromatic N) is 3. The number of piperazine rings is 1. The Labute approximate surface area is 125 Å². The maximum absolute atomic E-state index is 14.1. The van der Waals surface area contributed by atoms with E-state index in [4.69, 9.17) is 0 Å². The fourth-order valence-corrected chi connectivity index (χ4v) is 2.60. The van der Waals surface area contributed by atoms with E-state index in [1.807, 2.05) is 0 Å².